The van der Waals surface area contributed by atoms with Crippen LogP contribution in [0.3, 0.4) is 0 Å². The van der Waals surface area contributed by atoms with E-state index in [1.54, 1.807) is 6.20 Å². The maximum absolute atomic E-state index is 12.4. The van der Waals surface area contributed by atoms with Crippen molar-refractivity contribution in [1.29, 1.82) is 0 Å². The van der Waals surface area contributed by atoms with E-state index in [0.717, 1.165) is 59.7 Å². The van der Waals surface area contributed by atoms with Gasteiger partial charge in [-0.25, -0.2) is 24.9 Å². The topological polar surface area (TPSA) is 113 Å². The molecule has 2 N–H and O–H groups in total. The van der Waals surface area contributed by atoms with Crippen LogP contribution in [-0.4, -0.2) is 43.0 Å². The number of fused-ring (bicyclic) bond motifs is 1. The van der Waals surface area contributed by atoms with Crippen LogP contribution in [0.15, 0.2) is 41.3 Å². The van der Waals surface area contributed by atoms with Crippen LogP contribution >= 0.6 is 0 Å². The highest BCUT2D eigenvalue weighted by atomic mass is 16.1. The van der Waals surface area contributed by atoms with Crippen LogP contribution in [0.25, 0.3) is 22.2 Å². The lowest BCUT2D eigenvalue weighted by atomic mass is 10.1. The number of para-hydroxylation sites is 1. The smallest absolute Gasteiger partial charge is 0.252 e. The van der Waals surface area contributed by atoms with Crippen molar-refractivity contribution in [2.75, 3.05) is 23.3 Å². The molecule has 1 aliphatic rings. The lowest BCUT2D eigenvalue weighted by molar-refractivity contribution is 0.568. The molecule has 0 atom stereocenters. The fourth-order valence-corrected chi connectivity index (χ4v) is 4.00. The average Bonchev–Trinajstić information content (AvgIpc) is 2.79. The van der Waals surface area contributed by atoms with Gasteiger partial charge in [0.15, 0.2) is 0 Å². The second kappa shape index (κ2) is 8.33. The van der Waals surface area contributed by atoms with E-state index in [1.807, 2.05) is 38.1 Å². The van der Waals surface area contributed by atoms with E-state index < -0.39 is 0 Å². The Hall–Kier alpha value is -3.88. The zero-order valence-electron chi connectivity index (χ0n) is 18.1. The number of anilines is 3. The van der Waals surface area contributed by atoms with Gasteiger partial charge in [0.2, 0.25) is 17.8 Å². The first-order chi connectivity index (χ1) is 15.6. The van der Waals surface area contributed by atoms with E-state index in [-0.39, 0.29) is 11.5 Å². The highest BCUT2D eigenvalue weighted by molar-refractivity contribution is 5.81. The van der Waals surface area contributed by atoms with Crippen molar-refractivity contribution >= 4 is 28.7 Å². The number of benzene rings is 1. The first-order valence-corrected chi connectivity index (χ1v) is 10.8. The Morgan fingerprint density at radius 3 is 2.59 bits per heavy atom. The van der Waals surface area contributed by atoms with E-state index in [4.69, 9.17) is 0 Å². The second-order valence-corrected chi connectivity index (χ2v) is 7.97. The van der Waals surface area contributed by atoms with Crippen LogP contribution in [0.1, 0.15) is 30.7 Å². The van der Waals surface area contributed by atoms with E-state index in [1.165, 1.54) is 12.5 Å². The van der Waals surface area contributed by atoms with Crippen molar-refractivity contribution in [2.24, 2.45) is 0 Å². The molecular formula is C23H24N8O. The normalized spacial score (nSPS) is 14.0. The predicted molar refractivity (Wildman–Crippen MR) is 124 cm³/mol. The summed E-state index contributed by atoms with van der Waals surface area (Å²) in [5, 5.41) is 4.01. The molecule has 5 rings (SSSR count). The van der Waals surface area contributed by atoms with Gasteiger partial charge < -0.3 is 4.90 Å². The minimum atomic E-state index is -0.283. The van der Waals surface area contributed by atoms with E-state index in [9.17, 15) is 4.79 Å². The summed E-state index contributed by atoms with van der Waals surface area (Å²) in [6.07, 6.45) is 5.31. The number of hydrogen-bond donors (Lipinski definition) is 2. The molecule has 0 unspecified atom stereocenters. The van der Waals surface area contributed by atoms with Crippen molar-refractivity contribution in [3.8, 4) is 11.3 Å². The fourth-order valence-electron chi connectivity index (χ4n) is 4.00. The van der Waals surface area contributed by atoms with Crippen molar-refractivity contribution in [1.82, 2.24) is 29.9 Å². The minimum absolute atomic E-state index is 0.265. The maximum Gasteiger partial charge on any atom is 0.252 e. The van der Waals surface area contributed by atoms with Gasteiger partial charge in [-0.05, 0) is 39.2 Å². The molecule has 4 heterocycles. The van der Waals surface area contributed by atoms with Crippen LogP contribution < -0.4 is 15.8 Å². The van der Waals surface area contributed by atoms with Crippen molar-refractivity contribution in [3.05, 3.63) is 58.3 Å². The summed E-state index contributed by atoms with van der Waals surface area (Å²) in [4.78, 5) is 40.1. The molecule has 0 spiro atoms. The van der Waals surface area contributed by atoms with Gasteiger partial charge in [0, 0.05) is 36.3 Å². The summed E-state index contributed by atoms with van der Waals surface area (Å²) in [7, 11) is 0. The van der Waals surface area contributed by atoms with E-state index >= 15 is 0 Å². The van der Waals surface area contributed by atoms with Crippen LogP contribution in [0.2, 0.25) is 0 Å². The van der Waals surface area contributed by atoms with Gasteiger partial charge in [0.05, 0.1) is 22.6 Å². The molecule has 0 amide bonds. The summed E-state index contributed by atoms with van der Waals surface area (Å²) < 4.78 is 0. The third kappa shape index (κ3) is 4.01. The second-order valence-electron chi connectivity index (χ2n) is 7.97. The summed E-state index contributed by atoms with van der Waals surface area (Å²) in [5.41, 5.74) is 3.37. The molecule has 4 aromatic rings. The molecule has 1 saturated heterocycles. The standard InChI is InChI=1S/C23H24N8O/c1-14-16-8-4-5-9-18(16)27-21(25-14)30-22-28-19(12-20(32)29-22)17-13-24-23(26-15(17)2)31-10-6-3-7-11-31/h4-5,8-9,12-13H,3,6-7,10-11H2,1-2H3,(H2,25,27,28,29,30,32). The quantitative estimate of drug-likeness (QED) is 0.508. The van der Waals surface area contributed by atoms with Crippen molar-refractivity contribution in [3.63, 3.8) is 0 Å². The zero-order chi connectivity index (χ0) is 22.1. The number of aryl methyl sites for hydroxylation is 2. The molecule has 0 aliphatic carbocycles. The average molecular weight is 429 g/mol. The molecule has 0 bridgehead atoms. The summed E-state index contributed by atoms with van der Waals surface area (Å²) in [6, 6.07) is 9.23. The lowest BCUT2D eigenvalue weighted by Crippen LogP contribution is -2.31. The monoisotopic (exact) mass is 428 g/mol. The number of hydrogen-bond acceptors (Lipinski definition) is 8. The number of aromatic nitrogens is 6. The van der Waals surface area contributed by atoms with E-state index in [2.05, 4.69) is 40.1 Å². The molecule has 9 heteroatoms. The van der Waals surface area contributed by atoms with Gasteiger partial charge in [-0.3, -0.25) is 15.1 Å². The SMILES string of the molecule is Cc1nc(N2CCCCC2)ncc1-c1cc(=O)[nH]c(Nc2nc(C)c3ccccc3n2)n1. The largest absolute Gasteiger partial charge is 0.341 e. The molecule has 32 heavy (non-hydrogen) atoms. The van der Waals surface area contributed by atoms with Gasteiger partial charge in [-0.1, -0.05) is 18.2 Å². The van der Waals surface area contributed by atoms with E-state index in [0.29, 0.717) is 11.6 Å². The summed E-state index contributed by atoms with van der Waals surface area (Å²) in [5.74, 6) is 1.37. The number of rotatable bonds is 4. The number of nitrogens with zero attached hydrogens (tertiary/aromatic N) is 6. The Labute approximate surface area is 185 Å². The maximum atomic E-state index is 12.4. The van der Waals surface area contributed by atoms with Gasteiger partial charge in [-0.15, -0.1) is 0 Å². The molecule has 9 nitrogen and oxygen atoms in total. The number of H-pyrrole nitrogens is 1. The van der Waals surface area contributed by atoms with Gasteiger partial charge >= 0.3 is 0 Å². The number of piperidine rings is 1. The third-order valence-corrected chi connectivity index (χ3v) is 5.65. The molecule has 1 fully saturated rings. The number of aromatic amines is 1. The molecular weight excluding hydrogens is 404 g/mol. The fraction of sp³-hybridized carbons (Fsp3) is 0.304. The minimum Gasteiger partial charge on any atom is -0.341 e. The Bertz CT molecular complexity index is 1340. The first-order valence-electron chi connectivity index (χ1n) is 10.8. The van der Waals surface area contributed by atoms with Crippen LogP contribution in [0.4, 0.5) is 17.8 Å². The predicted octanol–water partition coefficient (Wildman–Crippen LogP) is 3.52. The van der Waals surface area contributed by atoms with Crippen LogP contribution in [0, 0.1) is 13.8 Å². The Morgan fingerprint density at radius 2 is 1.78 bits per heavy atom. The van der Waals surface area contributed by atoms with Crippen molar-refractivity contribution < 1.29 is 0 Å². The first kappa shape index (κ1) is 20.0. The Kier molecular flexibility index (Phi) is 5.22. The molecule has 1 aliphatic heterocycles. The van der Waals surface area contributed by atoms with Crippen molar-refractivity contribution in [2.45, 2.75) is 33.1 Å². The molecule has 162 valence electrons. The van der Waals surface area contributed by atoms with Gasteiger partial charge in [-0.2, -0.15) is 0 Å². The molecule has 0 saturated carbocycles. The highest BCUT2D eigenvalue weighted by Gasteiger charge is 2.16. The zero-order valence-corrected chi connectivity index (χ0v) is 18.1. The van der Waals surface area contributed by atoms with Gasteiger partial charge in [0.1, 0.15) is 0 Å². The molecule has 0 radical (unpaired) electrons. The summed E-state index contributed by atoms with van der Waals surface area (Å²) in [6.45, 7) is 5.78. The van der Waals surface area contributed by atoms with Crippen LogP contribution in [0.5, 0.6) is 0 Å². The van der Waals surface area contributed by atoms with Gasteiger partial charge in [0.25, 0.3) is 5.56 Å². The summed E-state index contributed by atoms with van der Waals surface area (Å²) >= 11 is 0. The number of nitrogens with one attached hydrogen (secondary N) is 2. The highest BCUT2D eigenvalue weighted by Crippen LogP contribution is 2.23. The Morgan fingerprint density at radius 1 is 0.969 bits per heavy atom. The Balaban J connectivity index is 1.46. The molecule has 3 aromatic heterocycles. The third-order valence-electron chi connectivity index (χ3n) is 5.65. The van der Waals surface area contributed by atoms with Crippen LogP contribution in [-0.2, 0) is 0 Å². The lowest BCUT2D eigenvalue weighted by Gasteiger charge is -2.26. The molecule has 1 aromatic carbocycles.